The molecule has 0 bridgehead atoms. The van der Waals surface area contributed by atoms with Gasteiger partial charge < -0.3 is 34.6 Å². The predicted octanol–water partition coefficient (Wildman–Crippen LogP) is 4.21. The first-order valence-corrected chi connectivity index (χ1v) is 12.4. The third kappa shape index (κ3) is 5.71. The van der Waals surface area contributed by atoms with E-state index in [-0.39, 0.29) is 18.6 Å². The van der Waals surface area contributed by atoms with Crippen LogP contribution in [0.1, 0.15) is 13.3 Å². The van der Waals surface area contributed by atoms with Crippen molar-refractivity contribution in [1.82, 2.24) is 20.3 Å². The second-order valence-electron chi connectivity index (χ2n) is 8.74. The van der Waals surface area contributed by atoms with Crippen molar-refractivity contribution in [2.24, 2.45) is 0 Å². The third-order valence-corrected chi connectivity index (χ3v) is 6.45. The molecule has 2 aromatic carbocycles. The van der Waals surface area contributed by atoms with Crippen molar-refractivity contribution in [3.63, 3.8) is 0 Å². The number of anilines is 2. The number of hydrogen-bond acceptors (Lipinski definition) is 9. The maximum absolute atomic E-state index is 11.7. The number of carbonyl (C=O) groups excluding carboxylic acids is 1. The van der Waals surface area contributed by atoms with Crippen LogP contribution in [0, 0.1) is 0 Å². The molecule has 0 aliphatic carbocycles. The first-order chi connectivity index (χ1) is 18.0. The van der Waals surface area contributed by atoms with E-state index in [2.05, 4.69) is 25.6 Å². The van der Waals surface area contributed by atoms with Gasteiger partial charge >= 0.3 is 5.97 Å². The molecular weight excluding hydrogens is 498 g/mol. The van der Waals surface area contributed by atoms with Crippen molar-refractivity contribution in [3.05, 3.63) is 47.9 Å². The number of benzene rings is 2. The molecule has 2 unspecified atom stereocenters. The number of methoxy groups -OCH3 is 1. The molecule has 1 saturated heterocycles. The second kappa shape index (κ2) is 11.2. The second-order valence-corrected chi connectivity index (χ2v) is 9.14. The number of carbonyl (C=O) groups is 1. The summed E-state index contributed by atoms with van der Waals surface area (Å²) in [5, 5.41) is 9.06. The van der Waals surface area contributed by atoms with E-state index < -0.39 is 6.10 Å². The van der Waals surface area contributed by atoms with Crippen LogP contribution in [0.15, 0.2) is 42.9 Å². The summed E-state index contributed by atoms with van der Waals surface area (Å²) in [7, 11) is 1.57. The number of H-pyrrole nitrogens is 1. The highest BCUT2D eigenvalue weighted by molar-refractivity contribution is 6.36. The van der Waals surface area contributed by atoms with Gasteiger partial charge in [0.05, 0.1) is 42.1 Å². The number of hydrogen-bond donors (Lipinski definition) is 3. The van der Waals surface area contributed by atoms with E-state index in [0.717, 1.165) is 28.5 Å². The quantitative estimate of drug-likeness (QED) is 0.276. The number of aromatic amines is 1. The molecular formula is C26H28ClN5O5. The average Bonchev–Trinajstić information content (AvgIpc) is 3.29. The van der Waals surface area contributed by atoms with Crippen molar-refractivity contribution in [2.75, 3.05) is 38.8 Å². The topological polar surface area (TPSA) is 120 Å². The van der Waals surface area contributed by atoms with Gasteiger partial charge in [0, 0.05) is 49.0 Å². The number of morpholine rings is 1. The summed E-state index contributed by atoms with van der Waals surface area (Å²) in [5.41, 5.74) is 2.37. The average molecular weight is 526 g/mol. The van der Waals surface area contributed by atoms with Gasteiger partial charge in [-0.1, -0.05) is 23.7 Å². The summed E-state index contributed by atoms with van der Waals surface area (Å²) in [6.45, 7) is 3.55. The van der Waals surface area contributed by atoms with Gasteiger partial charge in [0.1, 0.15) is 24.9 Å². The van der Waals surface area contributed by atoms with Crippen LogP contribution in [-0.4, -0.2) is 66.5 Å². The molecule has 194 valence electrons. The Morgan fingerprint density at radius 2 is 2.16 bits per heavy atom. The van der Waals surface area contributed by atoms with Gasteiger partial charge in [0.15, 0.2) is 11.5 Å². The Morgan fingerprint density at radius 3 is 2.95 bits per heavy atom. The van der Waals surface area contributed by atoms with E-state index in [1.165, 1.54) is 13.3 Å². The van der Waals surface area contributed by atoms with Gasteiger partial charge in [-0.25, -0.2) is 9.97 Å². The maximum Gasteiger partial charge on any atom is 0.303 e. The van der Waals surface area contributed by atoms with Gasteiger partial charge in [-0.2, -0.15) is 0 Å². The summed E-state index contributed by atoms with van der Waals surface area (Å²) in [6.07, 6.45) is 3.36. The van der Waals surface area contributed by atoms with Gasteiger partial charge in [0.2, 0.25) is 0 Å². The molecule has 0 spiro atoms. The lowest BCUT2D eigenvalue weighted by Gasteiger charge is -2.27. The highest BCUT2D eigenvalue weighted by atomic mass is 35.5. The zero-order valence-electron chi connectivity index (χ0n) is 20.5. The smallest absolute Gasteiger partial charge is 0.303 e. The SMILES string of the molecule is COc1cc2c(Nc3cccc4c(Cl)c[nH]c34)ncnc2cc1OCC(CC1COCCN1)OC(C)=O. The third-order valence-electron chi connectivity index (χ3n) is 6.14. The molecule has 1 fully saturated rings. The van der Waals surface area contributed by atoms with E-state index in [9.17, 15) is 4.79 Å². The number of para-hydroxylation sites is 1. The summed E-state index contributed by atoms with van der Waals surface area (Å²) >= 11 is 6.28. The number of nitrogens with one attached hydrogen (secondary N) is 3. The Bertz CT molecular complexity index is 1410. The van der Waals surface area contributed by atoms with Crippen LogP contribution in [0.3, 0.4) is 0 Å². The summed E-state index contributed by atoms with van der Waals surface area (Å²) in [4.78, 5) is 23.8. The van der Waals surface area contributed by atoms with Crippen LogP contribution in [0.4, 0.5) is 11.5 Å². The molecule has 3 heterocycles. The fourth-order valence-electron chi connectivity index (χ4n) is 4.44. The van der Waals surface area contributed by atoms with Crippen molar-refractivity contribution in [2.45, 2.75) is 25.5 Å². The number of rotatable bonds is 9. The normalized spacial score (nSPS) is 16.5. The molecule has 0 saturated carbocycles. The van der Waals surface area contributed by atoms with E-state index in [1.807, 2.05) is 24.3 Å². The van der Waals surface area contributed by atoms with E-state index >= 15 is 0 Å². The first-order valence-electron chi connectivity index (χ1n) is 12.0. The highest BCUT2D eigenvalue weighted by Crippen LogP contribution is 2.36. The van der Waals surface area contributed by atoms with Crippen LogP contribution in [0.2, 0.25) is 5.02 Å². The Hall–Kier alpha value is -3.60. The lowest BCUT2D eigenvalue weighted by atomic mass is 10.1. The maximum atomic E-state index is 11.7. The number of fused-ring (bicyclic) bond motifs is 2. The molecule has 1 aliphatic rings. The lowest BCUT2D eigenvalue weighted by Crippen LogP contribution is -2.44. The molecule has 11 heteroatoms. The fraction of sp³-hybridized carbons (Fsp3) is 0.346. The number of ether oxygens (including phenoxy) is 4. The van der Waals surface area contributed by atoms with Crippen LogP contribution in [-0.2, 0) is 14.3 Å². The largest absolute Gasteiger partial charge is 0.493 e. The minimum Gasteiger partial charge on any atom is -0.493 e. The minimum atomic E-state index is -0.451. The van der Waals surface area contributed by atoms with Crippen LogP contribution in [0.5, 0.6) is 11.5 Å². The van der Waals surface area contributed by atoms with Gasteiger partial charge in [-0.15, -0.1) is 0 Å². The fourth-order valence-corrected chi connectivity index (χ4v) is 4.66. The van der Waals surface area contributed by atoms with Gasteiger partial charge in [0.25, 0.3) is 0 Å². The Balaban J connectivity index is 1.39. The molecule has 1 aliphatic heterocycles. The number of esters is 1. The molecule has 37 heavy (non-hydrogen) atoms. The van der Waals surface area contributed by atoms with Crippen molar-refractivity contribution < 1.29 is 23.7 Å². The standard InChI is InChI=1S/C26H28ClN5O5/c1-15(33)37-17(8-16-12-35-7-6-28-16)13-36-24-10-22-19(9-23(24)34-2)26(31-14-30-22)32-21-5-3-4-18-20(27)11-29-25(18)21/h3-5,9-11,14,16-17,28-29H,6-8,12-13H2,1-2H3,(H,30,31,32). The minimum absolute atomic E-state index is 0.0839. The van der Waals surface area contributed by atoms with Crippen LogP contribution in [0.25, 0.3) is 21.8 Å². The lowest BCUT2D eigenvalue weighted by molar-refractivity contribution is -0.148. The monoisotopic (exact) mass is 525 g/mol. The summed E-state index contributed by atoms with van der Waals surface area (Å²) in [5.74, 6) is 1.24. The number of aromatic nitrogens is 3. The summed E-state index contributed by atoms with van der Waals surface area (Å²) < 4.78 is 22.7. The molecule has 0 amide bonds. The molecule has 2 atom stereocenters. The first kappa shape index (κ1) is 25.1. The summed E-state index contributed by atoms with van der Waals surface area (Å²) in [6, 6.07) is 9.52. The Morgan fingerprint density at radius 1 is 1.27 bits per heavy atom. The zero-order valence-corrected chi connectivity index (χ0v) is 21.3. The molecule has 4 aromatic rings. The van der Waals surface area contributed by atoms with Crippen molar-refractivity contribution in [3.8, 4) is 11.5 Å². The van der Waals surface area contributed by atoms with E-state index in [1.54, 1.807) is 19.4 Å². The highest BCUT2D eigenvalue weighted by Gasteiger charge is 2.23. The zero-order chi connectivity index (χ0) is 25.8. The Labute approximate surface area is 218 Å². The number of nitrogens with zero attached hydrogens (tertiary/aromatic N) is 2. The molecule has 5 rings (SSSR count). The molecule has 0 radical (unpaired) electrons. The van der Waals surface area contributed by atoms with Gasteiger partial charge in [-0.3, -0.25) is 4.79 Å². The molecule has 2 aromatic heterocycles. The van der Waals surface area contributed by atoms with Crippen molar-refractivity contribution in [1.29, 1.82) is 0 Å². The van der Waals surface area contributed by atoms with E-state index in [4.69, 9.17) is 30.5 Å². The van der Waals surface area contributed by atoms with Crippen LogP contribution < -0.4 is 20.1 Å². The van der Waals surface area contributed by atoms with E-state index in [0.29, 0.717) is 47.5 Å². The van der Waals surface area contributed by atoms with Crippen LogP contribution >= 0.6 is 11.6 Å². The Kier molecular flexibility index (Phi) is 7.59. The van der Waals surface area contributed by atoms with Gasteiger partial charge in [-0.05, 0) is 12.1 Å². The predicted molar refractivity (Wildman–Crippen MR) is 141 cm³/mol. The molecule has 3 N–H and O–H groups in total. The molecule has 10 nitrogen and oxygen atoms in total. The van der Waals surface area contributed by atoms with Crippen molar-refractivity contribution >= 4 is 50.9 Å². The number of halogens is 1.